The predicted molar refractivity (Wildman–Crippen MR) is 83.7 cm³/mol. The lowest BCUT2D eigenvalue weighted by atomic mass is 9.98. The Hall–Kier alpha value is -2.39. The van der Waals surface area contributed by atoms with Crippen LogP contribution in [0.15, 0.2) is 29.0 Å². The third-order valence-electron chi connectivity index (χ3n) is 4.11. The number of ether oxygens (including phenoxy) is 1. The summed E-state index contributed by atoms with van der Waals surface area (Å²) in [5.41, 5.74) is 1.48. The van der Waals surface area contributed by atoms with E-state index in [1.807, 2.05) is 6.92 Å². The third-order valence-corrected chi connectivity index (χ3v) is 4.11. The fraction of sp³-hybridized carbons (Fsp3) is 0.471. The molecule has 23 heavy (non-hydrogen) atoms. The number of hydrogen-bond donors (Lipinski definition) is 0. The van der Waals surface area contributed by atoms with E-state index >= 15 is 0 Å². The summed E-state index contributed by atoms with van der Waals surface area (Å²) in [5, 5.41) is 9.04. The Kier molecular flexibility index (Phi) is 4.89. The topological polar surface area (TPSA) is 75.2 Å². The fourth-order valence-corrected chi connectivity index (χ4v) is 2.81. The Morgan fingerprint density at radius 2 is 2.26 bits per heavy atom. The van der Waals surface area contributed by atoms with Crippen molar-refractivity contribution in [3.05, 3.63) is 41.7 Å². The fourth-order valence-electron chi connectivity index (χ4n) is 2.81. The van der Waals surface area contributed by atoms with Crippen molar-refractivity contribution >= 4 is 0 Å². The summed E-state index contributed by atoms with van der Waals surface area (Å²) in [4.78, 5) is 10.9. The quantitative estimate of drug-likeness (QED) is 0.844. The first-order valence-electron chi connectivity index (χ1n) is 7.86. The molecular weight excluding hydrogens is 292 g/mol. The van der Waals surface area contributed by atoms with Crippen LogP contribution >= 0.6 is 0 Å². The van der Waals surface area contributed by atoms with E-state index in [9.17, 15) is 0 Å². The molecule has 1 fully saturated rings. The molecule has 0 N–H and O–H groups in total. The Balaban J connectivity index is 1.45. The number of piperidine rings is 1. The van der Waals surface area contributed by atoms with Crippen LogP contribution in [0.2, 0.25) is 0 Å². The van der Waals surface area contributed by atoms with Gasteiger partial charge in [-0.25, -0.2) is 9.97 Å². The summed E-state index contributed by atoms with van der Waals surface area (Å²) < 4.78 is 11.0. The van der Waals surface area contributed by atoms with Gasteiger partial charge in [0.15, 0.2) is 5.89 Å². The second-order valence-corrected chi connectivity index (χ2v) is 5.86. The van der Waals surface area contributed by atoms with E-state index in [0.29, 0.717) is 29.9 Å². The highest BCUT2D eigenvalue weighted by atomic mass is 16.5. The van der Waals surface area contributed by atoms with E-state index in [0.717, 1.165) is 38.2 Å². The maximum Gasteiger partial charge on any atom is 0.231 e. The summed E-state index contributed by atoms with van der Waals surface area (Å²) in [6, 6.07) is 5.58. The Bertz CT molecular complexity index is 684. The number of hydrogen-bond acceptors (Lipinski definition) is 6. The molecule has 0 radical (unpaired) electrons. The van der Waals surface area contributed by atoms with Crippen LogP contribution in [0.4, 0.5) is 0 Å². The largest absolute Gasteiger partial charge is 0.476 e. The maximum atomic E-state index is 9.04. The van der Waals surface area contributed by atoms with E-state index in [2.05, 4.69) is 20.9 Å². The SMILES string of the molecule is Cc1nc(CN2CCC(COc3ncccc3C#N)CC2)co1. The first-order chi connectivity index (χ1) is 11.2. The highest BCUT2D eigenvalue weighted by Gasteiger charge is 2.21. The van der Waals surface area contributed by atoms with Gasteiger partial charge < -0.3 is 9.15 Å². The molecule has 0 aromatic carbocycles. The Labute approximate surface area is 135 Å². The lowest BCUT2D eigenvalue weighted by Gasteiger charge is -2.31. The lowest BCUT2D eigenvalue weighted by Crippen LogP contribution is -2.35. The van der Waals surface area contributed by atoms with Gasteiger partial charge in [0.05, 0.1) is 12.3 Å². The van der Waals surface area contributed by atoms with Gasteiger partial charge in [0.1, 0.15) is 17.9 Å². The molecule has 0 spiro atoms. The van der Waals surface area contributed by atoms with Crippen molar-refractivity contribution < 1.29 is 9.15 Å². The molecule has 0 saturated carbocycles. The van der Waals surface area contributed by atoms with E-state index in [4.69, 9.17) is 14.4 Å². The average molecular weight is 312 g/mol. The molecule has 1 aliphatic rings. The summed E-state index contributed by atoms with van der Waals surface area (Å²) in [6.45, 7) is 5.35. The second kappa shape index (κ2) is 7.25. The van der Waals surface area contributed by atoms with Crippen LogP contribution in [0.25, 0.3) is 0 Å². The number of likely N-dealkylation sites (tertiary alicyclic amines) is 1. The molecule has 0 bridgehead atoms. The van der Waals surface area contributed by atoms with Gasteiger partial charge in [-0.2, -0.15) is 5.26 Å². The average Bonchev–Trinajstić information content (AvgIpc) is 2.99. The minimum absolute atomic E-state index is 0.440. The Morgan fingerprint density at radius 3 is 2.96 bits per heavy atom. The van der Waals surface area contributed by atoms with Crippen LogP contribution in [-0.4, -0.2) is 34.6 Å². The molecule has 3 heterocycles. The van der Waals surface area contributed by atoms with Crippen LogP contribution in [0.3, 0.4) is 0 Å². The normalized spacial score (nSPS) is 16.2. The van der Waals surface area contributed by atoms with Crippen molar-refractivity contribution in [3.63, 3.8) is 0 Å². The van der Waals surface area contributed by atoms with E-state index in [-0.39, 0.29) is 0 Å². The molecule has 1 aliphatic heterocycles. The zero-order valence-corrected chi connectivity index (χ0v) is 13.2. The smallest absolute Gasteiger partial charge is 0.231 e. The van der Waals surface area contributed by atoms with Crippen molar-refractivity contribution in [1.29, 1.82) is 5.26 Å². The zero-order valence-electron chi connectivity index (χ0n) is 13.2. The van der Waals surface area contributed by atoms with Gasteiger partial charge in [0.2, 0.25) is 5.88 Å². The van der Waals surface area contributed by atoms with Crippen LogP contribution in [0, 0.1) is 24.2 Å². The summed E-state index contributed by atoms with van der Waals surface area (Å²) in [5.74, 6) is 1.65. The number of aromatic nitrogens is 2. The van der Waals surface area contributed by atoms with Gasteiger partial charge in [-0.1, -0.05) is 0 Å². The molecule has 0 atom stereocenters. The molecule has 0 aliphatic carbocycles. The Morgan fingerprint density at radius 1 is 1.43 bits per heavy atom. The molecule has 120 valence electrons. The summed E-state index contributed by atoms with van der Waals surface area (Å²) >= 11 is 0. The van der Waals surface area contributed by atoms with Crippen molar-refractivity contribution in [2.45, 2.75) is 26.3 Å². The van der Waals surface area contributed by atoms with Crippen LogP contribution in [-0.2, 0) is 6.54 Å². The number of nitrogens with zero attached hydrogens (tertiary/aromatic N) is 4. The third kappa shape index (κ3) is 4.08. The van der Waals surface area contributed by atoms with Gasteiger partial charge in [0.25, 0.3) is 0 Å². The van der Waals surface area contributed by atoms with E-state index in [1.54, 1.807) is 24.6 Å². The monoisotopic (exact) mass is 312 g/mol. The maximum absolute atomic E-state index is 9.04. The summed E-state index contributed by atoms with van der Waals surface area (Å²) in [6.07, 6.45) is 5.53. The number of aryl methyl sites for hydroxylation is 1. The van der Waals surface area contributed by atoms with Gasteiger partial charge in [-0.05, 0) is 44.0 Å². The molecule has 6 heteroatoms. The van der Waals surface area contributed by atoms with Crippen molar-refractivity contribution in [2.75, 3.05) is 19.7 Å². The van der Waals surface area contributed by atoms with Crippen LogP contribution in [0.1, 0.15) is 30.0 Å². The minimum atomic E-state index is 0.440. The van der Waals surface area contributed by atoms with Gasteiger partial charge in [-0.15, -0.1) is 0 Å². The van der Waals surface area contributed by atoms with E-state index < -0.39 is 0 Å². The standard InChI is InChI=1S/C17H20N4O2/c1-13-20-16(12-22-13)10-21-7-4-14(5-8-21)11-23-17-15(9-18)3-2-6-19-17/h2-3,6,12,14H,4-5,7-8,10-11H2,1H3. The second-order valence-electron chi connectivity index (χ2n) is 5.86. The van der Waals surface area contributed by atoms with Crippen LogP contribution < -0.4 is 4.74 Å². The minimum Gasteiger partial charge on any atom is -0.476 e. The predicted octanol–water partition coefficient (Wildman–Crippen LogP) is 2.54. The van der Waals surface area contributed by atoms with Crippen molar-refractivity contribution in [3.8, 4) is 11.9 Å². The number of oxazole rings is 1. The van der Waals surface area contributed by atoms with Gasteiger partial charge >= 0.3 is 0 Å². The van der Waals surface area contributed by atoms with Crippen molar-refractivity contribution in [2.24, 2.45) is 5.92 Å². The molecule has 0 unspecified atom stereocenters. The van der Waals surface area contributed by atoms with Crippen molar-refractivity contribution in [1.82, 2.24) is 14.9 Å². The lowest BCUT2D eigenvalue weighted by molar-refractivity contribution is 0.133. The zero-order chi connectivity index (χ0) is 16.1. The molecule has 1 saturated heterocycles. The number of nitriles is 1. The molecule has 2 aromatic heterocycles. The molecule has 0 amide bonds. The number of pyridine rings is 1. The molecule has 6 nitrogen and oxygen atoms in total. The highest BCUT2D eigenvalue weighted by molar-refractivity contribution is 5.36. The van der Waals surface area contributed by atoms with Crippen LogP contribution in [0.5, 0.6) is 5.88 Å². The first kappa shape index (κ1) is 15.5. The van der Waals surface area contributed by atoms with E-state index in [1.165, 1.54) is 0 Å². The molecular formula is C17H20N4O2. The highest BCUT2D eigenvalue weighted by Crippen LogP contribution is 2.21. The first-order valence-corrected chi connectivity index (χ1v) is 7.86. The van der Waals surface area contributed by atoms with Gasteiger partial charge in [-0.3, -0.25) is 4.90 Å². The number of rotatable bonds is 5. The molecule has 3 rings (SSSR count). The van der Waals surface area contributed by atoms with Gasteiger partial charge in [0, 0.05) is 19.7 Å². The molecule has 2 aromatic rings. The summed E-state index contributed by atoms with van der Waals surface area (Å²) in [7, 11) is 0.